The summed E-state index contributed by atoms with van der Waals surface area (Å²) < 4.78 is 4.46. The molecule has 6 nitrogen and oxygen atoms in total. The lowest BCUT2D eigenvalue weighted by atomic mass is 10.00. The van der Waals surface area contributed by atoms with Crippen LogP contribution in [0.25, 0.3) is 0 Å². The molecule has 1 fully saturated rings. The first-order valence-corrected chi connectivity index (χ1v) is 3.54. The zero-order chi connectivity index (χ0) is 9.30. The number of hydrogen-bond donors (Lipinski definition) is 4. The van der Waals surface area contributed by atoms with Gasteiger partial charge in [0.15, 0.2) is 0 Å². The summed E-state index contributed by atoms with van der Waals surface area (Å²) in [6.45, 7) is -0.566. The molecule has 5 atom stereocenters. The fourth-order valence-electron chi connectivity index (χ4n) is 1.07. The van der Waals surface area contributed by atoms with E-state index in [0.717, 1.165) is 0 Å². The first kappa shape index (κ1) is 9.85. The van der Waals surface area contributed by atoms with Gasteiger partial charge in [-0.1, -0.05) is 0 Å². The summed E-state index contributed by atoms with van der Waals surface area (Å²) in [7, 11) is 0. The summed E-state index contributed by atoms with van der Waals surface area (Å²) in [6, 6.07) is 0. The van der Waals surface area contributed by atoms with Crippen LogP contribution in [0.1, 0.15) is 0 Å². The van der Waals surface area contributed by atoms with E-state index in [1.807, 2.05) is 0 Å². The molecule has 0 aromatic rings. The van der Waals surface area contributed by atoms with Gasteiger partial charge in [0, 0.05) is 6.29 Å². The van der Waals surface area contributed by atoms with Crippen LogP contribution in [0.5, 0.6) is 0 Å². The van der Waals surface area contributed by atoms with Crippen molar-refractivity contribution in [3.8, 4) is 0 Å². The fourth-order valence-corrected chi connectivity index (χ4v) is 1.07. The minimum atomic E-state index is -1.82. The van der Waals surface area contributed by atoms with Gasteiger partial charge in [0.2, 0.25) is 0 Å². The van der Waals surface area contributed by atoms with E-state index in [4.69, 9.17) is 20.4 Å². The average Bonchev–Trinajstić information content (AvgIpc) is 2.08. The number of rotatable bonds is 1. The maximum atomic E-state index is 10.7. The summed E-state index contributed by atoms with van der Waals surface area (Å²) in [4.78, 5) is 0. The maximum absolute atomic E-state index is 10.7. The molecule has 6 heteroatoms. The first-order chi connectivity index (χ1) is 5.57. The van der Waals surface area contributed by atoms with Crippen molar-refractivity contribution in [2.45, 2.75) is 30.7 Å². The van der Waals surface area contributed by atoms with Gasteiger partial charge in [-0.15, -0.1) is 0 Å². The topological polar surface area (TPSA) is 113 Å². The van der Waals surface area contributed by atoms with Crippen LogP contribution in [-0.4, -0.2) is 57.7 Å². The van der Waals surface area contributed by atoms with Gasteiger partial charge in [-0.25, -0.2) is 0 Å². The molecule has 1 rings (SSSR count). The minimum absolute atomic E-state index is 0.566. The van der Waals surface area contributed by atoms with Gasteiger partial charge in [0.25, 0.3) is 0 Å². The summed E-state index contributed by atoms with van der Waals surface area (Å²) >= 11 is 0. The lowest BCUT2D eigenvalue weighted by Crippen LogP contribution is -2.62. The molecule has 4 N–H and O–H groups in total. The van der Waals surface area contributed by atoms with Gasteiger partial charge in [0.1, 0.15) is 18.3 Å². The van der Waals surface area contributed by atoms with Gasteiger partial charge in [-0.05, 0) is 0 Å². The second-order valence-electron chi connectivity index (χ2n) is 2.70. The van der Waals surface area contributed by atoms with Gasteiger partial charge in [-0.2, -0.15) is 0 Å². The Hall–Kier alpha value is -0.240. The van der Waals surface area contributed by atoms with Crippen LogP contribution >= 0.6 is 0 Å². The molecule has 1 saturated heterocycles. The SMILES string of the molecule is [O-]C1O[C@H](CO)[C@@H](O)[C@H](O)[C@H]1O. The molecule has 0 radical (unpaired) electrons. The molecule has 0 aromatic carbocycles. The second-order valence-corrected chi connectivity index (χ2v) is 2.70. The summed E-state index contributed by atoms with van der Waals surface area (Å²) in [6.07, 6.45) is -7.57. The third kappa shape index (κ3) is 1.58. The molecule has 0 saturated carbocycles. The van der Waals surface area contributed by atoms with E-state index in [1.54, 1.807) is 0 Å². The van der Waals surface area contributed by atoms with Gasteiger partial charge in [-0.3, -0.25) is 0 Å². The van der Waals surface area contributed by atoms with Crippen LogP contribution in [0.15, 0.2) is 0 Å². The van der Waals surface area contributed by atoms with Crippen molar-refractivity contribution >= 4 is 0 Å². The normalized spacial score (nSPS) is 49.2. The van der Waals surface area contributed by atoms with E-state index in [2.05, 4.69) is 4.74 Å². The van der Waals surface area contributed by atoms with Crippen LogP contribution in [0, 0.1) is 0 Å². The van der Waals surface area contributed by atoms with Crippen molar-refractivity contribution in [3.63, 3.8) is 0 Å². The van der Waals surface area contributed by atoms with E-state index in [0.29, 0.717) is 0 Å². The van der Waals surface area contributed by atoms with Crippen LogP contribution in [0.3, 0.4) is 0 Å². The third-order valence-corrected chi connectivity index (χ3v) is 1.85. The van der Waals surface area contributed by atoms with E-state index in [1.165, 1.54) is 0 Å². The van der Waals surface area contributed by atoms with Crippen molar-refractivity contribution in [2.24, 2.45) is 0 Å². The molecular weight excluding hydrogens is 168 g/mol. The van der Waals surface area contributed by atoms with E-state index in [-0.39, 0.29) is 0 Å². The highest BCUT2D eigenvalue weighted by Crippen LogP contribution is 2.17. The maximum Gasteiger partial charge on any atom is 0.111 e. The molecule has 72 valence electrons. The Balaban J connectivity index is 2.63. The Morgan fingerprint density at radius 2 is 1.67 bits per heavy atom. The van der Waals surface area contributed by atoms with Crippen molar-refractivity contribution in [1.29, 1.82) is 0 Å². The Morgan fingerprint density at radius 1 is 1.08 bits per heavy atom. The zero-order valence-corrected chi connectivity index (χ0v) is 6.20. The molecule has 12 heavy (non-hydrogen) atoms. The number of ether oxygens (including phenoxy) is 1. The van der Waals surface area contributed by atoms with Gasteiger partial charge in [0.05, 0.1) is 12.7 Å². The van der Waals surface area contributed by atoms with Crippen molar-refractivity contribution < 1.29 is 30.3 Å². The Morgan fingerprint density at radius 3 is 2.17 bits per heavy atom. The standard InChI is InChI=1S/C6H11O6/c7-1-2-3(8)4(9)5(10)6(11)12-2/h2-10H,1H2/q-1/t2-,3-,4+,5-,6?/m1/s1. The Bertz CT molecular complexity index is 146. The fraction of sp³-hybridized carbons (Fsp3) is 1.00. The molecule has 1 unspecified atom stereocenters. The van der Waals surface area contributed by atoms with Crippen molar-refractivity contribution in [2.75, 3.05) is 6.61 Å². The molecule has 0 amide bonds. The van der Waals surface area contributed by atoms with Crippen LogP contribution < -0.4 is 5.11 Å². The van der Waals surface area contributed by atoms with Crippen LogP contribution in [0.4, 0.5) is 0 Å². The molecule has 0 bridgehead atoms. The third-order valence-electron chi connectivity index (χ3n) is 1.85. The average molecular weight is 179 g/mol. The van der Waals surface area contributed by atoms with Crippen molar-refractivity contribution in [1.82, 2.24) is 0 Å². The van der Waals surface area contributed by atoms with E-state index in [9.17, 15) is 5.11 Å². The predicted octanol–water partition coefficient (Wildman–Crippen LogP) is -3.85. The highest BCUT2D eigenvalue weighted by molar-refractivity contribution is 4.87. The number of hydrogen-bond acceptors (Lipinski definition) is 6. The minimum Gasteiger partial charge on any atom is -0.829 e. The lowest BCUT2D eigenvalue weighted by molar-refractivity contribution is -0.532. The van der Waals surface area contributed by atoms with E-state index >= 15 is 0 Å². The molecule has 0 aromatic heterocycles. The molecule has 1 heterocycles. The Kier molecular flexibility index (Phi) is 2.99. The second kappa shape index (κ2) is 3.65. The van der Waals surface area contributed by atoms with Crippen LogP contribution in [0.2, 0.25) is 0 Å². The predicted molar refractivity (Wildman–Crippen MR) is 33.8 cm³/mol. The number of aliphatic hydroxyl groups excluding tert-OH is 4. The molecule has 1 aliphatic heterocycles. The largest absolute Gasteiger partial charge is 0.829 e. The lowest BCUT2D eigenvalue weighted by Gasteiger charge is -2.43. The first-order valence-electron chi connectivity index (χ1n) is 3.54. The Labute approximate surface area is 68.6 Å². The van der Waals surface area contributed by atoms with Gasteiger partial charge >= 0.3 is 0 Å². The molecule has 1 aliphatic rings. The smallest absolute Gasteiger partial charge is 0.111 e. The highest BCUT2D eigenvalue weighted by atomic mass is 16.6. The van der Waals surface area contributed by atoms with E-state index < -0.39 is 37.3 Å². The summed E-state index contributed by atoms with van der Waals surface area (Å²) in [5.41, 5.74) is 0. The quantitative estimate of drug-likeness (QED) is 0.328. The monoisotopic (exact) mass is 179 g/mol. The van der Waals surface area contributed by atoms with Crippen LogP contribution in [-0.2, 0) is 4.74 Å². The number of aliphatic hydroxyl groups is 4. The summed E-state index contributed by atoms with van der Waals surface area (Å²) in [5.74, 6) is 0. The van der Waals surface area contributed by atoms with Crippen molar-refractivity contribution in [3.05, 3.63) is 0 Å². The molecule has 0 aliphatic carbocycles. The zero-order valence-electron chi connectivity index (χ0n) is 6.20. The highest BCUT2D eigenvalue weighted by Gasteiger charge is 2.38. The van der Waals surface area contributed by atoms with Gasteiger partial charge < -0.3 is 30.3 Å². The molecule has 0 spiro atoms. The summed E-state index contributed by atoms with van der Waals surface area (Å²) in [5, 5.41) is 46.3. The molecular formula is C6H11O6-.